The van der Waals surface area contributed by atoms with E-state index < -0.39 is 0 Å². The first-order valence-electron chi connectivity index (χ1n) is 7.76. The fraction of sp³-hybridized carbons (Fsp3) is 0.471. The van der Waals surface area contributed by atoms with Crippen molar-refractivity contribution in [3.05, 3.63) is 48.5 Å². The molecule has 0 aliphatic carbocycles. The second kappa shape index (κ2) is 6.87. The molecule has 0 unspecified atom stereocenters. The number of hydrogen-bond acceptors (Lipinski definition) is 3. The first-order valence-corrected chi connectivity index (χ1v) is 7.76. The summed E-state index contributed by atoms with van der Waals surface area (Å²) in [6.45, 7) is 4.04. The van der Waals surface area contributed by atoms with Crippen LogP contribution >= 0.6 is 0 Å². The number of aromatic nitrogens is 2. The minimum absolute atomic E-state index is 0.319. The van der Waals surface area contributed by atoms with Crippen LogP contribution in [0.2, 0.25) is 0 Å². The summed E-state index contributed by atoms with van der Waals surface area (Å²) >= 11 is 0. The van der Waals surface area contributed by atoms with Crippen molar-refractivity contribution in [3.8, 4) is 5.69 Å². The maximum atomic E-state index is 5.77. The SMILES string of the molecule is C[C@@H](NC[C@@H]1CCCCO1)c1cccc(-n2ccnc2)c1. The van der Waals surface area contributed by atoms with Crippen LogP contribution in [0, 0.1) is 0 Å². The predicted molar refractivity (Wildman–Crippen MR) is 83.6 cm³/mol. The van der Waals surface area contributed by atoms with Crippen LogP contribution in [0.5, 0.6) is 0 Å². The summed E-state index contributed by atoms with van der Waals surface area (Å²) in [6.07, 6.45) is 9.64. The van der Waals surface area contributed by atoms with Crippen molar-refractivity contribution >= 4 is 0 Å². The number of hydrogen-bond donors (Lipinski definition) is 1. The highest BCUT2D eigenvalue weighted by atomic mass is 16.5. The number of benzene rings is 1. The summed E-state index contributed by atoms with van der Waals surface area (Å²) in [4.78, 5) is 4.10. The molecule has 112 valence electrons. The number of rotatable bonds is 5. The van der Waals surface area contributed by atoms with Crippen LogP contribution in [0.4, 0.5) is 0 Å². The van der Waals surface area contributed by atoms with Gasteiger partial charge in [0, 0.05) is 37.3 Å². The van der Waals surface area contributed by atoms with Crippen molar-refractivity contribution in [1.82, 2.24) is 14.9 Å². The molecular formula is C17H23N3O. The van der Waals surface area contributed by atoms with E-state index in [1.807, 2.05) is 17.1 Å². The molecule has 0 spiro atoms. The van der Waals surface area contributed by atoms with Crippen LogP contribution in [0.1, 0.15) is 37.8 Å². The first-order chi connectivity index (χ1) is 10.3. The third-order valence-corrected chi connectivity index (χ3v) is 4.10. The van der Waals surface area contributed by atoms with Gasteiger partial charge in [0.25, 0.3) is 0 Å². The van der Waals surface area contributed by atoms with Gasteiger partial charge in [-0.1, -0.05) is 12.1 Å². The number of imidazole rings is 1. The molecule has 1 fully saturated rings. The lowest BCUT2D eigenvalue weighted by atomic mass is 10.1. The second-order valence-corrected chi connectivity index (χ2v) is 5.68. The van der Waals surface area contributed by atoms with E-state index in [1.165, 1.54) is 24.8 Å². The Kier molecular flexibility index (Phi) is 4.68. The lowest BCUT2D eigenvalue weighted by Gasteiger charge is -2.25. The van der Waals surface area contributed by atoms with Crippen molar-refractivity contribution < 1.29 is 4.74 Å². The fourth-order valence-electron chi connectivity index (χ4n) is 2.76. The van der Waals surface area contributed by atoms with Crippen molar-refractivity contribution in [2.45, 2.75) is 38.3 Å². The van der Waals surface area contributed by atoms with E-state index in [2.05, 4.69) is 41.5 Å². The largest absolute Gasteiger partial charge is 0.377 e. The monoisotopic (exact) mass is 285 g/mol. The van der Waals surface area contributed by atoms with Crippen LogP contribution in [-0.2, 0) is 4.74 Å². The van der Waals surface area contributed by atoms with Crippen LogP contribution in [0.25, 0.3) is 5.69 Å². The molecule has 2 aromatic rings. The highest BCUT2D eigenvalue weighted by Crippen LogP contribution is 2.18. The van der Waals surface area contributed by atoms with Crippen LogP contribution < -0.4 is 5.32 Å². The third kappa shape index (κ3) is 3.71. The van der Waals surface area contributed by atoms with Gasteiger partial charge in [-0.05, 0) is 43.9 Å². The van der Waals surface area contributed by atoms with E-state index in [1.54, 1.807) is 6.20 Å². The Morgan fingerprint density at radius 2 is 2.38 bits per heavy atom. The number of nitrogens with one attached hydrogen (secondary N) is 1. The lowest BCUT2D eigenvalue weighted by Crippen LogP contribution is -2.33. The molecule has 1 aliphatic rings. The molecule has 1 aromatic heterocycles. The Morgan fingerprint density at radius 1 is 1.43 bits per heavy atom. The Balaban J connectivity index is 1.61. The standard InChI is InChI=1S/C17H23N3O/c1-14(19-12-17-7-2-3-10-21-17)15-5-4-6-16(11-15)20-9-8-18-13-20/h4-6,8-9,11,13-14,17,19H,2-3,7,10,12H2,1H3/t14-,17+/m1/s1. The summed E-state index contributed by atoms with van der Waals surface area (Å²) in [5.74, 6) is 0. The molecule has 21 heavy (non-hydrogen) atoms. The lowest BCUT2D eigenvalue weighted by molar-refractivity contribution is 0.0156. The van der Waals surface area contributed by atoms with Gasteiger partial charge in [-0.2, -0.15) is 0 Å². The summed E-state index contributed by atoms with van der Waals surface area (Å²) in [7, 11) is 0. The third-order valence-electron chi connectivity index (χ3n) is 4.10. The van der Waals surface area contributed by atoms with Gasteiger partial charge < -0.3 is 14.6 Å². The molecule has 2 atom stereocenters. The highest BCUT2D eigenvalue weighted by Gasteiger charge is 2.15. The predicted octanol–water partition coefficient (Wildman–Crippen LogP) is 3.09. The molecule has 1 aromatic carbocycles. The normalized spacial score (nSPS) is 20.3. The smallest absolute Gasteiger partial charge is 0.0991 e. The zero-order valence-corrected chi connectivity index (χ0v) is 12.5. The average molecular weight is 285 g/mol. The second-order valence-electron chi connectivity index (χ2n) is 5.68. The minimum Gasteiger partial charge on any atom is -0.377 e. The zero-order chi connectivity index (χ0) is 14.5. The van der Waals surface area contributed by atoms with E-state index >= 15 is 0 Å². The number of nitrogens with zero attached hydrogens (tertiary/aromatic N) is 2. The molecule has 0 bridgehead atoms. The molecule has 0 saturated carbocycles. The Morgan fingerprint density at radius 3 is 3.14 bits per heavy atom. The molecule has 2 heterocycles. The summed E-state index contributed by atoms with van der Waals surface area (Å²) in [6, 6.07) is 8.89. The summed E-state index contributed by atoms with van der Waals surface area (Å²) in [5, 5.41) is 3.59. The van der Waals surface area contributed by atoms with E-state index in [4.69, 9.17) is 4.74 Å². The maximum Gasteiger partial charge on any atom is 0.0991 e. The van der Waals surface area contributed by atoms with Crippen molar-refractivity contribution in [1.29, 1.82) is 0 Å². The molecule has 3 rings (SSSR count). The van der Waals surface area contributed by atoms with Gasteiger partial charge in [-0.15, -0.1) is 0 Å². The van der Waals surface area contributed by atoms with Crippen LogP contribution in [-0.4, -0.2) is 28.8 Å². The van der Waals surface area contributed by atoms with Gasteiger partial charge in [0.15, 0.2) is 0 Å². The molecule has 4 heteroatoms. The topological polar surface area (TPSA) is 39.1 Å². The first kappa shape index (κ1) is 14.3. The van der Waals surface area contributed by atoms with Gasteiger partial charge in [0.1, 0.15) is 0 Å². The average Bonchev–Trinajstić information content (AvgIpc) is 3.08. The Bertz CT molecular complexity index is 547. The maximum absolute atomic E-state index is 5.77. The van der Waals surface area contributed by atoms with Gasteiger partial charge in [0.2, 0.25) is 0 Å². The Hall–Kier alpha value is -1.65. The molecule has 1 aliphatic heterocycles. The van der Waals surface area contributed by atoms with Gasteiger partial charge >= 0.3 is 0 Å². The summed E-state index contributed by atoms with van der Waals surface area (Å²) in [5.41, 5.74) is 2.43. The molecular weight excluding hydrogens is 262 g/mol. The molecule has 0 amide bonds. The van der Waals surface area contributed by atoms with Gasteiger partial charge in [0.05, 0.1) is 12.4 Å². The quantitative estimate of drug-likeness (QED) is 0.917. The van der Waals surface area contributed by atoms with Crippen LogP contribution in [0.15, 0.2) is 43.0 Å². The molecule has 1 N–H and O–H groups in total. The van der Waals surface area contributed by atoms with E-state index in [9.17, 15) is 0 Å². The van der Waals surface area contributed by atoms with Crippen molar-refractivity contribution in [2.24, 2.45) is 0 Å². The van der Waals surface area contributed by atoms with E-state index in [0.717, 1.165) is 18.8 Å². The van der Waals surface area contributed by atoms with Gasteiger partial charge in [-0.3, -0.25) is 0 Å². The molecule has 0 radical (unpaired) electrons. The van der Waals surface area contributed by atoms with E-state index in [0.29, 0.717) is 12.1 Å². The van der Waals surface area contributed by atoms with Crippen molar-refractivity contribution in [3.63, 3.8) is 0 Å². The number of ether oxygens (including phenoxy) is 1. The molecule has 1 saturated heterocycles. The molecule has 4 nitrogen and oxygen atoms in total. The van der Waals surface area contributed by atoms with Gasteiger partial charge in [-0.25, -0.2) is 4.98 Å². The fourth-order valence-corrected chi connectivity index (χ4v) is 2.76. The van der Waals surface area contributed by atoms with Crippen molar-refractivity contribution in [2.75, 3.05) is 13.2 Å². The van der Waals surface area contributed by atoms with E-state index in [-0.39, 0.29) is 0 Å². The van der Waals surface area contributed by atoms with Crippen LogP contribution in [0.3, 0.4) is 0 Å². The highest BCUT2D eigenvalue weighted by molar-refractivity contribution is 5.36. The summed E-state index contributed by atoms with van der Waals surface area (Å²) < 4.78 is 7.80. The zero-order valence-electron chi connectivity index (χ0n) is 12.5. The Labute approximate surface area is 126 Å². The minimum atomic E-state index is 0.319.